The Kier molecular flexibility index (Phi) is 2.37. The lowest BCUT2D eigenvalue weighted by Crippen LogP contribution is -2.43. The van der Waals surface area contributed by atoms with Gasteiger partial charge in [0.1, 0.15) is 6.04 Å². The van der Waals surface area contributed by atoms with Gasteiger partial charge in [-0.15, -0.1) is 0 Å². The molecule has 0 aromatic heterocycles. The third-order valence-electron chi connectivity index (χ3n) is 1.69. The SMILES string of the molecule is CN1C(=O)CC(NS(N)(=O)=O)C1=O. The molecule has 0 radical (unpaired) electrons. The molecule has 1 heterocycles. The van der Waals surface area contributed by atoms with Gasteiger partial charge in [-0.1, -0.05) is 0 Å². The minimum atomic E-state index is -3.94. The third-order valence-corrected chi connectivity index (χ3v) is 2.30. The first-order valence-electron chi connectivity index (χ1n) is 3.41. The van der Waals surface area contributed by atoms with Crippen molar-refractivity contribution in [3.05, 3.63) is 0 Å². The molecule has 0 aliphatic carbocycles. The summed E-state index contributed by atoms with van der Waals surface area (Å²) in [5.74, 6) is -1.01. The van der Waals surface area contributed by atoms with Crippen LogP contribution >= 0.6 is 0 Å². The summed E-state index contributed by atoms with van der Waals surface area (Å²) >= 11 is 0. The molecule has 3 N–H and O–H groups in total. The van der Waals surface area contributed by atoms with Crippen molar-refractivity contribution < 1.29 is 18.0 Å². The number of imide groups is 1. The van der Waals surface area contributed by atoms with E-state index in [1.807, 2.05) is 4.72 Å². The minimum absolute atomic E-state index is 0.175. The molecule has 7 nitrogen and oxygen atoms in total. The van der Waals surface area contributed by atoms with E-state index in [0.29, 0.717) is 0 Å². The summed E-state index contributed by atoms with van der Waals surface area (Å²) < 4.78 is 22.9. The quantitative estimate of drug-likeness (QED) is 0.489. The maximum Gasteiger partial charge on any atom is 0.275 e. The van der Waals surface area contributed by atoms with Gasteiger partial charge in [-0.05, 0) is 0 Å². The third kappa shape index (κ3) is 2.23. The summed E-state index contributed by atoms with van der Waals surface area (Å²) in [6.07, 6.45) is -0.175. The first kappa shape index (κ1) is 10.1. The second-order valence-electron chi connectivity index (χ2n) is 2.71. The lowest BCUT2D eigenvalue weighted by molar-refractivity contribution is -0.137. The molecule has 74 valence electrons. The zero-order valence-corrected chi connectivity index (χ0v) is 7.67. The van der Waals surface area contributed by atoms with Crippen LogP contribution in [0.2, 0.25) is 0 Å². The Morgan fingerprint density at radius 2 is 2.08 bits per heavy atom. The lowest BCUT2D eigenvalue weighted by atomic mass is 10.3. The van der Waals surface area contributed by atoms with Crippen molar-refractivity contribution in [2.24, 2.45) is 5.14 Å². The highest BCUT2D eigenvalue weighted by atomic mass is 32.2. The van der Waals surface area contributed by atoms with Crippen LogP contribution in [0.3, 0.4) is 0 Å². The second kappa shape index (κ2) is 3.05. The molecular weight excluding hydrogens is 198 g/mol. The standard InChI is InChI=1S/C5H9N3O4S/c1-8-4(9)2-3(5(8)10)7-13(6,11)12/h3,7H,2H2,1H3,(H2,6,11,12). The van der Waals surface area contributed by atoms with Crippen LogP contribution in [0.1, 0.15) is 6.42 Å². The number of carbonyl (C=O) groups excluding carboxylic acids is 2. The van der Waals surface area contributed by atoms with Gasteiger partial charge in [-0.3, -0.25) is 14.5 Å². The van der Waals surface area contributed by atoms with E-state index in [0.717, 1.165) is 4.90 Å². The van der Waals surface area contributed by atoms with Crippen molar-refractivity contribution in [2.75, 3.05) is 7.05 Å². The Balaban J connectivity index is 2.76. The number of rotatable bonds is 2. The smallest absolute Gasteiger partial charge is 0.275 e. The van der Waals surface area contributed by atoms with Gasteiger partial charge in [0.05, 0.1) is 6.42 Å². The topological polar surface area (TPSA) is 110 Å². The zero-order chi connectivity index (χ0) is 10.2. The van der Waals surface area contributed by atoms with Gasteiger partial charge in [0.25, 0.3) is 10.2 Å². The molecule has 1 aliphatic heterocycles. The van der Waals surface area contributed by atoms with Crippen molar-refractivity contribution in [1.29, 1.82) is 0 Å². The van der Waals surface area contributed by atoms with E-state index in [9.17, 15) is 18.0 Å². The minimum Gasteiger partial charge on any atom is -0.284 e. The summed E-state index contributed by atoms with van der Waals surface area (Å²) in [7, 11) is -2.65. The maximum absolute atomic E-state index is 11.1. The zero-order valence-electron chi connectivity index (χ0n) is 6.85. The Morgan fingerprint density at radius 1 is 1.54 bits per heavy atom. The molecule has 1 unspecified atom stereocenters. The molecule has 8 heteroatoms. The molecule has 0 spiro atoms. The van der Waals surface area contributed by atoms with E-state index >= 15 is 0 Å². The summed E-state index contributed by atoms with van der Waals surface area (Å²) in [6, 6.07) is -1.05. The summed E-state index contributed by atoms with van der Waals surface area (Å²) in [5, 5.41) is 4.65. The summed E-state index contributed by atoms with van der Waals surface area (Å²) in [5.41, 5.74) is 0. The average Bonchev–Trinajstić information content (AvgIpc) is 2.15. The van der Waals surface area contributed by atoms with Crippen molar-refractivity contribution in [3.63, 3.8) is 0 Å². The molecule has 0 bridgehead atoms. The molecule has 13 heavy (non-hydrogen) atoms. The molecule has 1 atom stereocenters. The monoisotopic (exact) mass is 207 g/mol. The average molecular weight is 207 g/mol. The van der Waals surface area contributed by atoms with E-state index in [-0.39, 0.29) is 6.42 Å². The van der Waals surface area contributed by atoms with Crippen molar-refractivity contribution in [1.82, 2.24) is 9.62 Å². The van der Waals surface area contributed by atoms with Crippen LogP contribution < -0.4 is 9.86 Å². The Labute approximate surface area is 75.1 Å². The highest BCUT2D eigenvalue weighted by Gasteiger charge is 2.37. The Morgan fingerprint density at radius 3 is 2.38 bits per heavy atom. The number of nitrogens with two attached hydrogens (primary N) is 1. The van der Waals surface area contributed by atoms with Gasteiger partial charge in [0.15, 0.2) is 0 Å². The summed E-state index contributed by atoms with van der Waals surface area (Å²) in [6.45, 7) is 0. The van der Waals surface area contributed by atoms with Crippen molar-refractivity contribution in [2.45, 2.75) is 12.5 Å². The van der Waals surface area contributed by atoms with E-state index in [4.69, 9.17) is 0 Å². The van der Waals surface area contributed by atoms with Crippen LogP contribution in [-0.4, -0.2) is 38.2 Å². The molecule has 0 saturated carbocycles. The predicted molar refractivity (Wildman–Crippen MR) is 42.4 cm³/mol. The van der Waals surface area contributed by atoms with Crippen molar-refractivity contribution >= 4 is 22.0 Å². The van der Waals surface area contributed by atoms with E-state index in [1.54, 1.807) is 0 Å². The molecule has 0 aromatic carbocycles. The molecule has 1 aliphatic rings. The van der Waals surface area contributed by atoms with Crippen LogP contribution in [0.15, 0.2) is 0 Å². The first-order chi connectivity index (χ1) is 5.81. The number of nitrogens with one attached hydrogen (secondary N) is 1. The fraction of sp³-hybridized carbons (Fsp3) is 0.600. The van der Waals surface area contributed by atoms with Crippen LogP contribution in [0.5, 0.6) is 0 Å². The van der Waals surface area contributed by atoms with Crippen LogP contribution in [0.25, 0.3) is 0 Å². The molecular formula is C5H9N3O4S. The highest BCUT2D eigenvalue weighted by Crippen LogP contribution is 2.10. The molecule has 1 rings (SSSR count). The summed E-state index contributed by atoms with van der Waals surface area (Å²) in [4.78, 5) is 22.9. The normalized spacial score (nSPS) is 24.2. The number of hydrogen-bond acceptors (Lipinski definition) is 4. The number of nitrogens with zero attached hydrogens (tertiary/aromatic N) is 1. The predicted octanol–water partition coefficient (Wildman–Crippen LogP) is -2.46. The molecule has 2 amide bonds. The highest BCUT2D eigenvalue weighted by molar-refractivity contribution is 7.87. The van der Waals surface area contributed by atoms with Crippen LogP contribution in [0, 0.1) is 0 Å². The molecule has 0 aromatic rings. The van der Waals surface area contributed by atoms with Gasteiger partial charge in [0.2, 0.25) is 11.8 Å². The Bertz CT molecular complexity index is 349. The largest absolute Gasteiger partial charge is 0.284 e. The number of amides is 2. The van der Waals surface area contributed by atoms with Gasteiger partial charge < -0.3 is 0 Å². The number of hydrogen-bond donors (Lipinski definition) is 2. The van der Waals surface area contributed by atoms with Crippen molar-refractivity contribution in [3.8, 4) is 0 Å². The maximum atomic E-state index is 11.1. The second-order valence-corrected chi connectivity index (χ2v) is 4.04. The fourth-order valence-electron chi connectivity index (χ4n) is 1.05. The molecule has 1 fully saturated rings. The van der Waals surface area contributed by atoms with E-state index in [1.165, 1.54) is 7.05 Å². The Hall–Kier alpha value is -0.990. The lowest BCUT2D eigenvalue weighted by Gasteiger charge is -2.08. The van der Waals surface area contributed by atoms with E-state index in [2.05, 4.69) is 5.14 Å². The van der Waals surface area contributed by atoms with Crippen LogP contribution in [0.4, 0.5) is 0 Å². The molecule has 1 saturated heterocycles. The van der Waals surface area contributed by atoms with E-state index < -0.39 is 28.1 Å². The van der Waals surface area contributed by atoms with Gasteiger partial charge in [0, 0.05) is 7.05 Å². The van der Waals surface area contributed by atoms with Gasteiger partial charge in [-0.25, -0.2) is 5.14 Å². The number of likely N-dealkylation sites (N-methyl/N-ethyl adjacent to an activating group) is 1. The number of likely N-dealkylation sites (tertiary alicyclic amines) is 1. The fourth-order valence-corrected chi connectivity index (χ4v) is 1.63. The number of carbonyl (C=O) groups is 2. The van der Waals surface area contributed by atoms with Crippen LogP contribution in [-0.2, 0) is 19.8 Å². The first-order valence-corrected chi connectivity index (χ1v) is 4.96. The van der Waals surface area contributed by atoms with Gasteiger partial charge >= 0.3 is 0 Å². The van der Waals surface area contributed by atoms with Gasteiger partial charge in [-0.2, -0.15) is 13.1 Å².